The molecule has 0 radical (unpaired) electrons. The second-order valence-electron chi connectivity index (χ2n) is 8.66. The van der Waals surface area contributed by atoms with Gasteiger partial charge in [-0.15, -0.1) is 0 Å². The third-order valence-electron chi connectivity index (χ3n) is 5.85. The maximum atomic E-state index is 12.8. The van der Waals surface area contributed by atoms with E-state index >= 15 is 0 Å². The maximum absolute atomic E-state index is 12.8. The van der Waals surface area contributed by atoms with Crippen LogP contribution in [0.2, 0.25) is 0 Å². The van der Waals surface area contributed by atoms with E-state index in [0.29, 0.717) is 30.6 Å². The van der Waals surface area contributed by atoms with Gasteiger partial charge < -0.3 is 18.9 Å². The molecule has 1 heterocycles. The van der Waals surface area contributed by atoms with Crippen molar-refractivity contribution in [3.05, 3.63) is 71.8 Å². The predicted molar refractivity (Wildman–Crippen MR) is 122 cm³/mol. The van der Waals surface area contributed by atoms with E-state index in [2.05, 4.69) is 15.9 Å². The normalized spacial score (nSPS) is 29.3. The molecule has 4 rings (SSSR count). The Hall–Kier alpha value is -2.22. The fourth-order valence-corrected chi connectivity index (χ4v) is 4.83. The van der Waals surface area contributed by atoms with Gasteiger partial charge in [0.15, 0.2) is 5.79 Å². The molecule has 0 spiro atoms. The number of carbonyl (C=O) groups is 2. The zero-order valence-corrected chi connectivity index (χ0v) is 19.7. The Morgan fingerprint density at radius 1 is 0.875 bits per heavy atom. The molecule has 2 aromatic carbocycles. The van der Waals surface area contributed by atoms with Crippen LogP contribution in [0.5, 0.6) is 0 Å². The summed E-state index contributed by atoms with van der Waals surface area (Å²) in [5, 5.41) is 0. The molecule has 2 unspecified atom stereocenters. The van der Waals surface area contributed by atoms with Crippen molar-refractivity contribution < 1.29 is 28.5 Å². The lowest BCUT2D eigenvalue weighted by atomic mass is 9.95. The van der Waals surface area contributed by atoms with Crippen LogP contribution in [0.15, 0.2) is 60.7 Å². The van der Waals surface area contributed by atoms with Crippen molar-refractivity contribution in [2.75, 3.05) is 6.61 Å². The quantitative estimate of drug-likeness (QED) is 0.443. The van der Waals surface area contributed by atoms with Crippen LogP contribution >= 0.6 is 15.9 Å². The summed E-state index contributed by atoms with van der Waals surface area (Å²) in [5.41, 5.74) is 0.946. The van der Waals surface area contributed by atoms with E-state index in [0.717, 1.165) is 0 Å². The number of fused-ring (bicyclic) bond motifs is 1. The first-order valence-corrected chi connectivity index (χ1v) is 11.7. The van der Waals surface area contributed by atoms with Gasteiger partial charge in [-0.1, -0.05) is 52.3 Å². The summed E-state index contributed by atoms with van der Waals surface area (Å²) < 4.78 is 23.9. The second-order valence-corrected chi connectivity index (χ2v) is 9.72. The van der Waals surface area contributed by atoms with E-state index in [1.54, 1.807) is 48.5 Å². The van der Waals surface area contributed by atoms with Crippen LogP contribution in [0, 0.1) is 5.92 Å². The molecule has 2 fully saturated rings. The molecule has 1 saturated carbocycles. The first-order chi connectivity index (χ1) is 15.3. The van der Waals surface area contributed by atoms with Gasteiger partial charge in [-0.3, -0.25) is 0 Å². The van der Waals surface area contributed by atoms with Gasteiger partial charge in [0.1, 0.15) is 12.2 Å². The number of alkyl halides is 1. The molecule has 2 aromatic rings. The Morgan fingerprint density at radius 2 is 1.38 bits per heavy atom. The molecule has 0 bridgehead atoms. The summed E-state index contributed by atoms with van der Waals surface area (Å²) >= 11 is 3.68. The molecule has 1 aliphatic heterocycles. The molecule has 2 aliphatic rings. The average molecular weight is 503 g/mol. The summed E-state index contributed by atoms with van der Waals surface area (Å²) in [6, 6.07) is 17.7. The molecule has 170 valence electrons. The standard InChI is InChI=1S/C25H27BrO6/c1-25(2)29-15-18-13-20(30-23(27)16-9-5-3-6-10-16)22(26)21(14-19(18)32-25)31-24(28)17-11-7-4-8-12-17/h3-12,18-22H,13-15H2,1-2H3/t18?,19-,20-,21?,22-/m1/s1. The second kappa shape index (κ2) is 9.73. The van der Waals surface area contributed by atoms with E-state index in [1.807, 2.05) is 26.0 Å². The third kappa shape index (κ3) is 5.39. The topological polar surface area (TPSA) is 71.1 Å². The molecule has 1 saturated heterocycles. The highest BCUT2D eigenvalue weighted by Gasteiger charge is 2.47. The van der Waals surface area contributed by atoms with E-state index in [-0.39, 0.29) is 16.8 Å². The van der Waals surface area contributed by atoms with E-state index < -0.39 is 29.9 Å². The van der Waals surface area contributed by atoms with Crippen molar-refractivity contribution in [3.63, 3.8) is 0 Å². The lowest BCUT2D eigenvalue weighted by molar-refractivity contribution is -0.296. The summed E-state index contributed by atoms with van der Waals surface area (Å²) in [5.74, 6) is -1.54. The van der Waals surface area contributed by atoms with Crippen LogP contribution in [-0.4, -0.2) is 47.5 Å². The number of benzene rings is 2. The number of hydrogen-bond acceptors (Lipinski definition) is 6. The molecule has 0 N–H and O–H groups in total. The molecule has 5 atom stereocenters. The van der Waals surface area contributed by atoms with Gasteiger partial charge in [-0.05, 0) is 44.5 Å². The minimum atomic E-state index is -0.725. The highest BCUT2D eigenvalue weighted by molar-refractivity contribution is 9.09. The Kier molecular flexibility index (Phi) is 6.98. The Bertz CT molecular complexity index is 932. The number of hydrogen-bond donors (Lipinski definition) is 0. The fourth-order valence-electron chi connectivity index (χ4n) is 4.18. The van der Waals surface area contributed by atoms with Crippen LogP contribution in [-0.2, 0) is 18.9 Å². The molecular weight excluding hydrogens is 476 g/mol. The van der Waals surface area contributed by atoms with E-state index in [4.69, 9.17) is 18.9 Å². The van der Waals surface area contributed by atoms with Gasteiger partial charge in [-0.25, -0.2) is 9.59 Å². The van der Waals surface area contributed by atoms with Crippen LogP contribution in [0.1, 0.15) is 47.4 Å². The maximum Gasteiger partial charge on any atom is 0.338 e. The Morgan fingerprint density at radius 3 is 1.91 bits per heavy atom. The summed E-state index contributed by atoms with van der Waals surface area (Å²) in [7, 11) is 0. The minimum absolute atomic E-state index is 0.0112. The first kappa shape index (κ1) is 23.0. The molecule has 0 amide bonds. The number of halogens is 1. The predicted octanol–water partition coefficient (Wildman–Crippen LogP) is 4.76. The fraction of sp³-hybridized carbons (Fsp3) is 0.440. The first-order valence-electron chi connectivity index (χ1n) is 10.8. The van der Waals surface area contributed by atoms with Crippen LogP contribution in [0.4, 0.5) is 0 Å². The van der Waals surface area contributed by atoms with Gasteiger partial charge in [0.05, 0.1) is 28.7 Å². The van der Waals surface area contributed by atoms with Crippen molar-refractivity contribution in [1.82, 2.24) is 0 Å². The third-order valence-corrected chi connectivity index (χ3v) is 7.03. The van der Waals surface area contributed by atoms with Crippen molar-refractivity contribution in [1.29, 1.82) is 0 Å². The average Bonchev–Trinajstić information content (AvgIpc) is 2.91. The Labute approximate surface area is 196 Å². The SMILES string of the molecule is CC1(C)OCC2C[C@@H](OC(=O)c3ccccc3)[C@@H](Br)C(OC(=O)c3ccccc3)C[C@H]2O1. The summed E-state index contributed by atoms with van der Waals surface area (Å²) in [6.07, 6.45) is -0.229. The summed E-state index contributed by atoms with van der Waals surface area (Å²) in [4.78, 5) is 25.2. The smallest absolute Gasteiger partial charge is 0.338 e. The Balaban J connectivity index is 1.56. The number of ether oxygens (including phenoxy) is 4. The van der Waals surface area contributed by atoms with E-state index in [1.165, 1.54) is 0 Å². The molecule has 7 heteroatoms. The van der Waals surface area contributed by atoms with Crippen molar-refractivity contribution in [3.8, 4) is 0 Å². The van der Waals surface area contributed by atoms with Crippen molar-refractivity contribution in [2.45, 2.75) is 55.6 Å². The van der Waals surface area contributed by atoms with Crippen molar-refractivity contribution >= 4 is 27.9 Å². The monoisotopic (exact) mass is 502 g/mol. The van der Waals surface area contributed by atoms with Gasteiger partial charge in [-0.2, -0.15) is 0 Å². The highest BCUT2D eigenvalue weighted by atomic mass is 79.9. The minimum Gasteiger partial charge on any atom is -0.457 e. The zero-order valence-electron chi connectivity index (χ0n) is 18.1. The van der Waals surface area contributed by atoms with Crippen molar-refractivity contribution in [2.24, 2.45) is 5.92 Å². The van der Waals surface area contributed by atoms with Crippen LogP contribution in [0.3, 0.4) is 0 Å². The number of esters is 2. The van der Waals surface area contributed by atoms with E-state index in [9.17, 15) is 9.59 Å². The van der Waals surface area contributed by atoms with Crippen LogP contribution in [0.25, 0.3) is 0 Å². The number of rotatable bonds is 4. The molecule has 1 aliphatic carbocycles. The number of carbonyl (C=O) groups excluding carboxylic acids is 2. The van der Waals surface area contributed by atoms with Gasteiger partial charge in [0.25, 0.3) is 0 Å². The van der Waals surface area contributed by atoms with Crippen LogP contribution < -0.4 is 0 Å². The van der Waals surface area contributed by atoms with Gasteiger partial charge in [0.2, 0.25) is 0 Å². The zero-order chi connectivity index (χ0) is 22.7. The highest BCUT2D eigenvalue weighted by Crippen LogP contribution is 2.39. The van der Waals surface area contributed by atoms with Gasteiger partial charge in [0, 0.05) is 12.3 Å². The molecule has 32 heavy (non-hydrogen) atoms. The lowest BCUT2D eigenvalue weighted by Gasteiger charge is -2.41. The molecule has 6 nitrogen and oxygen atoms in total. The van der Waals surface area contributed by atoms with Gasteiger partial charge >= 0.3 is 11.9 Å². The molecular formula is C25H27BrO6. The summed E-state index contributed by atoms with van der Waals surface area (Å²) in [6.45, 7) is 4.23. The largest absolute Gasteiger partial charge is 0.457 e. The molecule has 0 aromatic heterocycles. The lowest BCUT2D eigenvalue weighted by Crippen LogP contribution is -2.46.